The molecule has 0 radical (unpaired) electrons. The zero-order valence-electron chi connectivity index (χ0n) is 12.2. The number of aromatic nitrogens is 2. The van der Waals surface area contributed by atoms with Crippen molar-refractivity contribution in [2.45, 2.75) is 6.10 Å². The molecule has 0 aliphatic carbocycles. The summed E-state index contributed by atoms with van der Waals surface area (Å²) in [4.78, 5) is 10.6. The Balaban J connectivity index is 1.80. The van der Waals surface area contributed by atoms with Crippen molar-refractivity contribution in [1.29, 1.82) is 0 Å². The average Bonchev–Trinajstić information content (AvgIpc) is 2.59. The maximum atomic E-state index is 13.0. The van der Waals surface area contributed by atoms with E-state index in [1.54, 1.807) is 12.1 Å². The van der Waals surface area contributed by atoms with Crippen molar-refractivity contribution in [3.05, 3.63) is 41.3 Å². The lowest BCUT2D eigenvalue weighted by Gasteiger charge is -2.32. The number of hydrogen-bond donors (Lipinski definition) is 2. The number of rotatable bonds is 4. The predicted octanol–water partition coefficient (Wildman–Crippen LogP) is 2.21. The average molecular weight is 339 g/mol. The van der Waals surface area contributed by atoms with E-state index in [-0.39, 0.29) is 18.5 Å². The van der Waals surface area contributed by atoms with Gasteiger partial charge in [0.05, 0.1) is 25.5 Å². The van der Waals surface area contributed by atoms with Crippen molar-refractivity contribution in [2.75, 3.05) is 36.5 Å². The van der Waals surface area contributed by atoms with E-state index in [1.165, 1.54) is 18.3 Å². The largest absolute Gasteiger partial charge is 0.394 e. The zero-order valence-corrected chi connectivity index (χ0v) is 13.0. The summed E-state index contributed by atoms with van der Waals surface area (Å²) in [6.07, 6.45) is 1.26. The van der Waals surface area contributed by atoms with Crippen LogP contribution in [0.15, 0.2) is 30.5 Å². The fourth-order valence-corrected chi connectivity index (χ4v) is 2.42. The highest BCUT2D eigenvalue weighted by Gasteiger charge is 2.22. The van der Waals surface area contributed by atoms with Crippen LogP contribution in [0.3, 0.4) is 0 Å². The van der Waals surface area contributed by atoms with Gasteiger partial charge in [-0.05, 0) is 24.3 Å². The van der Waals surface area contributed by atoms with Crippen molar-refractivity contribution in [3.63, 3.8) is 0 Å². The fourth-order valence-electron chi connectivity index (χ4n) is 2.28. The van der Waals surface area contributed by atoms with Gasteiger partial charge in [0.2, 0.25) is 5.95 Å². The lowest BCUT2D eigenvalue weighted by atomic mass is 10.3. The molecular weight excluding hydrogens is 323 g/mol. The van der Waals surface area contributed by atoms with Gasteiger partial charge in [-0.2, -0.15) is 4.98 Å². The Morgan fingerprint density at radius 2 is 2.17 bits per heavy atom. The zero-order chi connectivity index (χ0) is 16.2. The number of halogens is 2. The van der Waals surface area contributed by atoms with Gasteiger partial charge >= 0.3 is 0 Å². The quantitative estimate of drug-likeness (QED) is 0.890. The Morgan fingerprint density at radius 3 is 2.91 bits per heavy atom. The van der Waals surface area contributed by atoms with Gasteiger partial charge < -0.3 is 20.1 Å². The van der Waals surface area contributed by atoms with Crippen LogP contribution in [0.25, 0.3) is 0 Å². The van der Waals surface area contributed by atoms with Gasteiger partial charge in [-0.1, -0.05) is 11.6 Å². The minimum atomic E-state index is -0.312. The molecule has 1 saturated heterocycles. The molecule has 0 spiro atoms. The number of ether oxygens (including phenoxy) is 1. The highest BCUT2D eigenvalue weighted by molar-refractivity contribution is 6.32. The second-order valence-corrected chi connectivity index (χ2v) is 5.53. The highest BCUT2D eigenvalue weighted by atomic mass is 35.5. The Kier molecular flexibility index (Phi) is 4.90. The van der Waals surface area contributed by atoms with Gasteiger partial charge in [-0.15, -0.1) is 0 Å². The van der Waals surface area contributed by atoms with Crippen LogP contribution in [-0.4, -0.2) is 47.5 Å². The molecule has 3 rings (SSSR count). The Hall–Kier alpha value is -1.96. The maximum absolute atomic E-state index is 13.0. The summed E-state index contributed by atoms with van der Waals surface area (Å²) in [5.74, 6) is 0.629. The van der Waals surface area contributed by atoms with E-state index in [2.05, 4.69) is 15.3 Å². The minimum absolute atomic E-state index is 0.0508. The number of hydrogen-bond acceptors (Lipinski definition) is 6. The molecule has 2 N–H and O–H groups in total. The van der Waals surface area contributed by atoms with Gasteiger partial charge in [0.1, 0.15) is 10.8 Å². The van der Waals surface area contributed by atoms with Crippen LogP contribution in [0.2, 0.25) is 5.02 Å². The Labute approximate surface area is 137 Å². The smallest absolute Gasteiger partial charge is 0.227 e. The van der Waals surface area contributed by atoms with Crippen LogP contribution in [0.1, 0.15) is 0 Å². The number of aliphatic hydroxyl groups is 1. The molecule has 2 heterocycles. The van der Waals surface area contributed by atoms with Crippen LogP contribution >= 0.6 is 11.6 Å². The molecule has 1 fully saturated rings. The first-order valence-electron chi connectivity index (χ1n) is 7.18. The van der Waals surface area contributed by atoms with Crippen LogP contribution < -0.4 is 10.2 Å². The second-order valence-electron chi connectivity index (χ2n) is 5.12. The Bertz CT molecular complexity index is 671. The molecule has 0 bridgehead atoms. The van der Waals surface area contributed by atoms with Crippen molar-refractivity contribution in [1.82, 2.24) is 9.97 Å². The molecule has 122 valence electrons. The number of morpholine rings is 1. The van der Waals surface area contributed by atoms with Crippen molar-refractivity contribution >= 4 is 29.1 Å². The van der Waals surface area contributed by atoms with E-state index in [0.717, 1.165) is 0 Å². The summed E-state index contributed by atoms with van der Waals surface area (Å²) in [5.41, 5.74) is 0.674. The molecule has 1 aliphatic rings. The topological polar surface area (TPSA) is 70.5 Å². The molecule has 0 unspecified atom stereocenters. The van der Waals surface area contributed by atoms with Crippen LogP contribution in [-0.2, 0) is 4.74 Å². The monoisotopic (exact) mass is 338 g/mol. The summed E-state index contributed by atoms with van der Waals surface area (Å²) >= 11 is 6.13. The summed E-state index contributed by atoms with van der Waals surface area (Å²) in [5, 5.41) is 12.6. The third kappa shape index (κ3) is 3.87. The van der Waals surface area contributed by atoms with E-state index in [9.17, 15) is 9.50 Å². The van der Waals surface area contributed by atoms with Gasteiger partial charge in [-0.25, -0.2) is 9.37 Å². The van der Waals surface area contributed by atoms with Crippen LogP contribution in [0, 0.1) is 5.82 Å². The summed E-state index contributed by atoms with van der Waals surface area (Å²) in [6, 6.07) is 5.91. The third-order valence-corrected chi connectivity index (χ3v) is 3.74. The van der Waals surface area contributed by atoms with Gasteiger partial charge in [0.15, 0.2) is 5.82 Å². The first-order valence-corrected chi connectivity index (χ1v) is 7.56. The number of nitrogens with zero attached hydrogens (tertiary/aromatic N) is 3. The highest BCUT2D eigenvalue weighted by Crippen LogP contribution is 2.25. The van der Waals surface area contributed by atoms with E-state index < -0.39 is 0 Å². The van der Waals surface area contributed by atoms with E-state index >= 15 is 0 Å². The van der Waals surface area contributed by atoms with Crippen LogP contribution in [0.4, 0.5) is 21.8 Å². The molecule has 0 amide bonds. The SMILES string of the molecule is OC[C@H]1CN(c2ncc(Cl)c(Nc3ccc(F)cc3)n2)CCO1. The summed E-state index contributed by atoms with van der Waals surface area (Å²) in [7, 11) is 0. The predicted molar refractivity (Wildman–Crippen MR) is 85.8 cm³/mol. The molecular formula is C15H16ClFN4O2. The van der Waals surface area contributed by atoms with Gasteiger partial charge in [-0.3, -0.25) is 0 Å². The molecule has 1 aliphatic heterocycles. The first-order chi connectivity index (χ1) is 11.2. The van der Waals surface area contributed by atoms with E-state index in [4.69, 9.17) is 16.3 Å². The number of nitrogens with one attached hydrogen (secondary N) is 1. The third-order valence-electron chi connectivity index (χ3n) is 3.46. The Morgan fingerprint density at radius 1 is 1.39 bits per heavy atom. The number of benzene rings is 1. The molecule has 6 nitrogen and oxygen atoms in total. The summed E-state index contributed by atoms with van der Waals surface area (Å²) in [6.45, 7) is 1.59. The van der Waals surface area contributed by atoms with Crippen molar-refractivity contribution < 1.29 is 14.2 Å². The normalized spacial score (nSPS) is 18.0. The molecule has 0 saturated carbocycles. The molecule has 1 aromatic carbocycles. The lowest BCUT2D eigenvalue weighted by molar-refractivity contribution is 0.00314. The fraction of sp³-hybridized carbons (Fsp3) is 0.333. The van der Waals surface area contributed by atoms with Crippen molar-refractivity contribution in [2.24, 2.45) is 0 Å². The first kappa shape index (κ1) is 15.9. The molecule has 1 aromatic heterocycles. The molecule has 1 atom stereocenters. The lowest BCUT2D eigenvalue weighted by Crippen LogP contribution is -2.44. The molecule has 23 heavy (non-hydrogen) atoms. The molecule has 8 heteroatoms. The summed E-state index contributed by atoms with van der Waals surface area (Å²) < 4.78 is 18.4. The standard InChI is InChI=1S/C15H16ClFN4O2/c16-13-7-18-15(21-5-6-23-12(8-21)9-22)20-14(13)19-11-3-1-10(17)2-4-11/h1-4,7,12,22H,5-6,8-9H2,(H,18,19,20)/t12-/m1/s1. The van der Waals surface area contributed by atoms with Crippen molar-refractivity contribution in [3.8, 4) is 0 Å². The van der Waals surface area contributed by atoms with Gasteiger partial charge in [0, 0.05) is 18.8 Å². The van der Waals surface area contributed by atoms with Crippen LogP contribution in [0.5, 0.6) is 0 Å². The van der Waals surface area contributed by atoms with E-state index in [0.29, 0.717) is 42.2 Å². The van der Waals surface area contributed by atoms with Gasteiger partial charge in [0.25, 0.3) is 0 Å². The number of aliphatic hydroxyl groups excluding tert-OH is 1. The second kappa shape index (κ2) is 7.08. The maximum Gasteiger partial charge on any atom is 0.227 e. The minimum Gasteiger partial charge on any atom is -0.394 e. The van der Waals surface area contributed by atoms with E-state index in [1.807, 2.05) is 4.90 Å². The molecule has 2 aromatic rings. The number of anilines is 3.